The third-order valence-electron chi connectivity index (χ3n) is 3.62. The van der Waals surface area contributed by atoms with Gasteiger partial charge in [-0.15, -0.1) is 0 Å². The lowest BCUT2D eigenvalue weighted by molar-refractivity contribution is 0.517. The fourth-order valence-electron chi connectivity index (χ4n) is 2.39. The van der Waals surface area contributed by atoms with Gasteiger partial charge in [-0.3, -0.25) is 0 Å². The first-order valence-electron chi connectivity index (χ1n) is 8.16. The summed E-state index contributed by atoms with van der Waals surface area (Å²) in [7, 11) is 0. The van der Waals surface area contributed by atoms with Crippen molar-refractivity contribution in [3.8, 4) is 0 Å². The molecule has 2 heteroatoms. The van der Waals surface area contributed by atoms with Crippen LogP contribution >= 0.6 is 0 Å². The number of anilines is 1. The number of rotatable bonds is 10. The molecule has 0 radical (unpaired) electrons. The molecule has 0 aliphatic heterocycles. The summed E-state index contributed by atoms with van der Waals surface area (Å²) in [6, 6.07) is 5.70. The van der Waals surface area contributed by atoms with E-state index in [1.54, 1.807) is 0 Å². The van der Waals surface area contributed by atoms with Gasteiger partial charge in [-0.2, -0.15) is 0 Å². The van der Waals surface area contributed by atoms with E-state index in [9.17, 15) is 4.39 Å². The van der Waals surface area contributed by atoms with Gasteiger partial charge in [0.2, 0.25) is 0 Å². The van der Waals surface area contributed by atoms with Gasteiger partial charge in [0.15, 0.2) is 0 Å². The second-order valence-electron chi connectivity index (χ2n) is 6.05. The summed E-state index contributed by atoms with van der Waals surface area (Å²) in [4.78, 5) is 0. The Labute approximate surface area is 124 Å². The number of hydrogen-bond acceptors (Lipinski definition) is 1. The van der Waals surface area contributed by atoms with Gasteiger partial charge in [0, 0.05) is 6.54 Å². The van der Waals surface area contributed by atoms with Crippen molar-refractivity contribution in [1.82, 2.24) is 0 Å². The fraction of sp³-hybridized carbons (Fsp3) is 0.667. The maximum Gasteiger partial charge on any atom is 0.149 e. The first-order chi connectivity index (χ1) is 9.65. The maximum atomic E-state index is 14.2. The van der Waals surface area contributed by atoms with E-state index < -0.39 is 0 Å². The minimum atomic E-state index is -0.0527. The minimum Gasteiger partial charge on any atom is -0.383 e. The third-order valence-corrected chi connectivity index (χ3v) is 3.62. The number of unbranched alkanes of at least 4 members (excludes halogenated alkanes) is 3. The molecule has 1 N–H and O–H groups in total. The molecule has 0 amide bonds. The Hall–Kier alpha value is -1.05. The zero-order valence-corrected chi connectivity index (χ0v) is 13.3. The Balaban J connectivity index is 2.32. The van der Waals surface area contributed by atoms with Crippen molar-refractivity contribution in [1.29, 1.82) is 0 Å². The molecule has 0 bridgehead atoms. The van der Waals surface area contributed by atoms with Crippen LogP contribution < -0.4 is 5.32 Å². The molecule has 0 atom stereocenters. The molecule has 20 heavy (non-hydrogen) atoms. The largest absolute Gasteiger partial charge is 0.383 e. The van der Waals surface area contributed by atoms with Crippen LogP contribution in [0.1, 0.15) is 64.9 Å². The van der Waals surface area contributed by atoms with Crippen molar-refractivity contribution in [2.75, 3.05) is 11.9 Å². The molecular weight excluding hydrogens is 249 g/mol. The molecule has 0 saturated heterocycles. The molecule has 1 nitrogen and oxygen atoms in total. The normalized spacial score (nSPS) is 11.1. The third kappa shape index (κ3) is 6.40. The molecule has 0 aliphatic carbocycles. The van der Waals surface area contributed by atoms with Crippen molar-refractivity contribution in [2.24, 2.45) is 5.92 Å². The van der Waals surface area contributed by atoms with E-state index >= 15 is 0 Å². The Bertz CT molecular complexity index is 374. The smallest absolute Gasteiger partial charge is 0.149 e. The van der Waals surface area contributed by atoms with E-state index in [4.69, 9.17) is 0 Å². The molecular formula is C18H30FN. The van der Waals surface area contributed by atoms with Crippen LogP contribution in [-0.4, -0.2) is 6.54 Å². The zero-order chi connectivity index (χ0) is 14.8. The van der Waals surface area contributed by atoms with Crippen LogP contribution in [0.5, 0.6) is 0 Å². The van der Waals surface area contributed by atoms with Gasteiger partial charge in [-0.1, -0.05) is 58.6 Å². The lowest BCUT2D eigenvalue weighted by Gasteiger charge is -2.10. The van der Waals surface area contributed by atoms with Gasteiger partial charge in [-0.05, 0) is 36.8 Å². The maximum absolute atomic E-state index is 14.2. The summed E-state index contributed by atoms with van der Waals surface area (Å²) >= 11 is 0. The first kappa shape index (κ1) is 17.0. The molecule has 0 aliphatic rings. The van der Waals surface area contributed by atoms with Crippen LogP contribution in [0, 0.1) is 11.7 Å². The van der Waals surface area contributed by atoms with E-state index in [2.05, 4.69) is 26.1 Å². The molecule has 1 aromatic rings. The van der Waals surface area contributed by atoms with Gasteiger partial charge in [0.25, 0.3) is 0 Å². The number of benzene rings is 1. The second kappa shape index (κ2) is 9.79. The monoisotopic (exact) mass is 279 g/mol. The lowest BCUT2D eigenvalue weighted by Crippen LogP contribution is -2.04. The number of hydrogen-bond donors (Lipinski definition) is 1. The summed E-state index contributed by atoms with van der Waals surface area (Å²) in [6.07, 6.45) is 8.05. The average molecular weight is 279 g/mol. The van der Waals surface area contributed by atoms with Gasteiger partial charge in [0.05, 0.1) is 5.69 Å². The highest BCUT2D eigenvalue weighted by atomic mass is 19.1. The topological polar surface area (TPSA) is 12.0 Å². The van der Waals surface area contributed by atoms with E-state index in [0.717, 1.165) is 37.3 Å². The molecule has 0 spiro atoms. The summed E-state index contributed by atoms with van der Waals surface area (Å²) < 4.78 is 14.2. The number of halogens is 1. The molecule has 0 saturated carbocycles. The van der Waals surface area contributed by atoms with Crippen molar-refractivity contribution in [3.63, 3.8) is 0 Å². The Morgan fingerprint density at radius 3 is 2.55 bits per heavy atom. The predicted octanol–water partition coefficient (Wildman–Crippen LogP) is 5.80. The Morgan fingerprint density at radius 1 is 1.10 bits per heavy atom. The highest BCUT2D eigenvalue weighted by Crippen LogP contribution is 2.20. The van der Waals surface area contributed by atoms with Crippen molar-refractivity contribution >= 4 is 5.69 Å². The SMILES string of the molecule is CCCNc1cccc(CCCCCCC(C)C)c1F. The van der Waals surface area contributed by atoms with E-state index in [0.29, 0.717) is 5.69 Å². The number of aryl methyl sites for hydroxylation is 1. The molecule has 0 unspecified atom stereocenters. The summed E-state index contributed by atoms with van der Waals surface area (Å²) in [6.45, 7) is 7.45. The summed E-state index contributed by atoms with van der Waals surface area (Å²) in [5, 5.41) is 3.15. The molecule has 0 aromatic heterocycles. The molecule has 1 rings (SSSR count). The van der Waals surface area contributed by atoms with E-state index in [1.165, 1.54) is 25.7 Å². The van der Waals surface area contributed by atoms with E-state index in [1.807, 2.05) is 18.2 Å². The Morgan fingerprint density at radius 2 is 1.85 bits per heavy atom. The van der Waals surface area contributed by atoms with Crippen molar-refractivity contribution in [3.05, 3.63) is 29.6 Å². The van der Waals surface area contributed by atoms with Crippen molar-refractivity contribution < 1.29 is 4.39 Å². The highest BCUT2D eigenvalue weighted by Gasteiger charge is 2.07. The summed E-state index contributed by atoms with van der Waals surface area (Å²) in [5.74, 6) is 0.747. The quantitative estimate of drug-likeness (QED) is 0.534. The van der Waals surface area contributed by atoms with Gasteiger partial charge in [0.1, 0.15) is 5.82 Å². The molecule has 1 aromatic carbocycles. The van der Waals surface area contributed by atoms with Crippen LogP contribution in [0.15, 0.2) is 18.2 Å². The van der Waals surface area contributed by atoms with Crippen LogP contribution in [0.3, 0.4) is 0 Å². The first-order valence-corrected chi connectivity index (χ1v) is 8.16. The molecule has 114 valence electrons. The standard InChI is InChI=1S/C18H30FN/c1-4-14-20-17-13-9-12-16(18(17)19)11-8-6-5-7-10-15(2)3/h9,12-13,15,20H,4-8,10-11,14H2,1-3H3. The highest BCUT2D eigenvalue weighted by molar-refractivity contribution is 5.47. The van der Waals surface area contributed by atoms with E-state index in [-0.39, 0.29) is 5.82 Å². The van der Waals surface area contributed by atoms with Gasteiger partial charge >= 0.3 is 0 Å². The zero-order valence-electron chi connectivity index (χ0n) is 13.3. The second-order valence-corrected chi connectivity index (χ2v) is 6.05. The minimum absolute atomic E-state index is 0.0527. The van der Waals surface area contributed by atoms with Crippen molar-refractivity contribution in [2.45, 2.75) is 65.7 Å². The molecule has 0 fully saturated rings. The molecule has 0 heterocycles. The van der Waals surface area contributed by atoms with Gasteiger partial charge < -0.3 is 5.32 Å². The van der Waals surface area contributed by atoms with Crippen LogP contribution in [0.25, 0.3) is 0 Å². The predicted molar refractivity (Wildman–Crippen MR) is 86.8 cm³/mol. The number of nitrogens with one attached hydrogen (secondary N) is 1. The van der Waals surface area contributed by atoms with Gasteiger partial charge in [-0.25, -0.2) is 4.39 Å². The summed E-state index contributed by atoms with van der Waals surface area (Å²) in [5.41, 5.74) is 1.51. The Kier molecular flexibility index (Phi) is 8.32. The lowest BCUT2D eigenvalue weighted by atomic mass is 10.0. The van der Waals surface area contributed by atoms with Crippen LogP contribution in [0.2, 0.25) is 0 Å². The van der Waals surface area contributed by atoms with Crippen LogP contribution in [0.4, 0.5) is 10.1 Å². The fourth-order valence-corrected chi connectivity index (χ4v) is 2.39. The average Bonchev–Trinajstić information content (AvgIpc) is 2.42. The van der Waals surface area contributed by atoms with Crippen LogP contribution in [-0.2, 0) is 6.42 Å².